The molecule has 1 N–H and O–H groups in total. The summed E-state index contributed by atoms with van der Waals surface area (Å²) in [6, 6.07) is 1.53. The molecule has 0 atom stereocenters. The quantitative estimate of drug-likeness (QED) is 0.291. The van der Waals surface area contributed by atoms with Crippen molar-refractivity contribution in [2.24, 2.45) is 4.99 Å². The molecule has 1 heterocycles. The zero-order valence-corrected chi connectivity index (χ0v) is 11.9. The van der Waals surface area contributed by atoms with Crippen LogP contribution in [0.25, 0.3) is 0 Å². The summed E-state index contributed by atoms with van der Waals surface area (Å²) in [5, 5.41) is 9.96. The highest BCUT2D eigenvalue weighted by molar-refractivity contribution is 7.99. The monoisotopic (exact) mass is 266 g/mol. The molecule has 1 aromatic heterocycles. The number of aryl methyl sites for hydroxylation is 1. The molecule has 0 aliphatic carbocycles. The van der Waals surface area contributed by atoms with Crippen molar-refractivity contribution < 1.29 is 5.11 Å². The van der Waals surface area contributed by atoms with Gasteiger partial charge in [0.05, 0.1) is 12.2 Å². The van der Waals surface area contributed by atoms with Crippen LogP contribution in [-0.2, 0) is 0 Å². The number of rotatable bonds is 5. The molecule has 0 saturated heterocycles. The molecule has 1 aromatic rings. The average molecular weight is 266 g/mol. The van der Waals surface area contributed by atoms with E-state index in [2.05, 4.69) is 15.0 Å². The third-order valence-corrected chi connectivity index (χ3v) is 3.13. The molecule has 0 amide bonds. The summed E-state index contributed by atoms with van der Waals surface area (Å²) in [6.07, 6.45) is 3.77. The highest BCUT2D eigenvalue weighted by Gasteiger charge is 2.06. The second-order valence-electron chi connectivity index (χ2n) is 3.70. The van der Waals surface area contributed by atoms with Crippen LogP contribution >= 0.6 is 11.8 Å². The largest absolute Gasteiger partial charge is 0.493 e. The Kier molecular flexibility index (Phi) is 5.64. The zero-order chi connectivity index (χ0) is 13.5. The van der Waals surface area contributed by atoms with Crippen molar-refractivity contribution in [2.75, 3.05) is 12.9 Å². The smallest absolute Gasteiger partial charge is 0.215 e. The van der Waals surface area contributed by atoms with Crippen LogP contribution in [0.5, 0.6) is 5.88 Å². The molecule has 0 saturated carbocycles. The van der Waals surface area contributed by atoms with Crippen LogP contribution < -0.4 is 0 Å². The minimum Gasteiger partial charge on any atom is -0.493 e. The molecule has 5 nitrogen and oxygen atoms in total. The molecule has 18 heavy (non-hydrogen) atoms. The third-order valence-electron chi connectivity index (χ3n) is 2.28. The molecular weight excluding hydrogens is 248 g/mol. The van der Waals surface area contributed by atoms with E-state index >= 15 is 0 Å². The van der Waals surface area contributed by atoms with Gasteiger partial charge < -0.3 is 10.0 Å². The second kappa shape index (κ2) is 7.00. The fraction of sp³-hybridized carbons (Fsp3) is 0.417. The van der Waals surface area contributed by atoms with Crippen molar-refractivity contribution in [3.05, 3.63) is 23.5 Å². The van der Waals surface area contributed by atoms with Gasteiger partial charge in [0.1, 0.15) is 0 Å². The maximum Gasteiger partial charge on any atom is 0.215 e. The minimum absolute atomic E-state index is 0.00321. The Balaban J connectivity index is 2.72. The highest BCUT2D eigenvalue weighted by Crippen LogP contribution is 2.19. The summed E-state index contributed by atoms with van der Waals surface area (Å²) in [4.78, 5) is 14.2. The van der Waals surface area contributed by atoms with Gasteiger partial charge in [-0.3, -0.25) is 4.99 Å². The van der Waals surface area contributed by atoms with Gasteiger partial charge in [-0.25, -0.2) is 4.98 Å². The lowest BCUT2D eigenvalue weighted by molar-refractivity contribution is 0.444. The fourth-order valence-electron chi connectivity index (χ4n) is 1.25. The van der Waals surface area contributed by atoms with E-state index in [-0.39, 0.29) is 5.88 Å². The van der Waals surface area contributed by atoms with Gasteiger partial charge in [0.2, 0.25) is 5.88 Å². The van der Waals surface area contributed by atoms with E-state index in [1.165, 1.54) is 17.8 Å². The van der Waals surface area contributed by atoms with Crippen molar-refractivity contribution in [1.29, 1.82) is 0 Å². The summed E-state index contributed by atoms with van der Waals surface area (Å²) in [5.41, 5.74) is 1.86. The SMILES string of the molecule is C/C=C(/C)N(/C=N/C)CSc1nc(C)cc(O)n1. The fourth-order valence-corrected chi connectivity index (χ4v) is 2.14. The van der Waals surface area contributed by atoms with Gasteiger partial charge in [-0.05, 0) is 20.8 Å². The first-order valence-corrected chi connectivity index (χ1v) is 6.54. The van der Waals surface area contributed by atoms with Crippen LogP contribution in [0, 0.1) is 6.92 Å². The lowest BCUT2D eigenvalue weighted by Crippen LogP contribution is -2.19. The number of hydrogen-bond acceptors (Lipinski definition) is 5. The normalized spacial score (nSPS) is 12.1. The average Bonchev–Trinajstić information content (AvgIpc) is 2.32. The maximum atomic E-state index is 9.40. The van der Waals surface area contributed by atoms with Crippen LogP contribution in [0.2, 0.25) is 0 Å². The Morgan fingerprint density at radius 1 is 1.56 bits per heavy atom. The molecule has 6 heteroatoms. The molecular formula is C12H18N4OS. The number of aliphatic imine (C=N–C) groups is 1. The van der Waals surface area contributed by atoms with Crippen molar-refractivity contribution in [3.8, 4) is 5.88 Å². The van der Waals surface area contributed by atoms with E-state index in [1.54, 1.807) is 13.4 Å². The molecule has 0 radical (unpaired) electrons. The summed E-state index contributed by atoms with van der Waals surface area (Å²) >= 11 is 1.45. The maximum absolute atomic E-state index is 9.40. The number of allylic oxidation sites excluding steroid dienone is 2. The van der Waals surface area contributed by atoms with E-state index < -0.39 is 0 Å². The van der Waals surface area contributed by atoms with Gasteiger partial charge in [-0.1, -0.05) is 17.8 Å². The number of aromatic hydroxyl groups is 1. The van der Waals surface area contributed by atoms with Gasteiger partial charge in [-0.2, -0.15) is 4.98 Å². The van der Waals surface area contributed by atoms with Gasteiger partial charge in [0.25, 0.3) is 0 Å². The van der Waals surface area contributed by atoms with E-state index in [4.69, 9.17) is 0 Å². The Labute approximate surface area is 112 Å². The van der Waals surface area contributed by atoms with Crippen molar-refractivity contribution in [3.63, 3.8) is 0 Å². The van der Waals surface area contributed by atoms with Crippen LogP contribution in [0.15, 0.2) is 28.0 Å². The van der Waals surface area contributed by atoms with E-state index in [1.807, 2.05) is 31.7 Å². The summed E-state index contributed by atoms with van der Waals surface area (Å²) < 4.78 is 0. The first-order valence-electron chi connectivity index (χ1n) is 5.56. The summed E-state index contributed by atoms with van der Waals surface area (Å²) in [5.74, 6) is 0.652. The highest BCUT2D eigenvalue weighted by atomic mass is 32.2. The number of hydrogen-bond donors (Lipinski definition) is 1. The van der Waals surface area contributed by atoms with Crippen LogP contribution in [0.4, 0.5) is 0 Å². The lowest BCUT2D eigenvalue weighted by Gasteiger charge is -2.18. The lowest BCUT2D eigenvalue weighted by atomic mass is 10.4. The minimum atomic E-state index is 0.00321. The zero-order valence-electron chi connectivity index (χ0n) is 11.1. The Bertz CT molecular complexity index is 439. The molecule has 1 rings (SSSR count). The van der Waals surface area contributed by atoms with Gasteiger partial charge in [0.15, 0.2) is 5.16 Å². The summed E-state index contributed by atoms with van der Waals surface area (Å²) in [7, 11) is 1.73. The predicted octanol–water partition coefficient (Wildman–Crippen LogP) is 2.42. The van der Waals surface area contributed by atoms with Gasteiger partial charge >= 0.3 is 0 Å². The number of thioether (sulfide) groups is 1. The molecule has 0 spiro atoms. The first-order chi connectivity index (χ1) is 8.56. The predicted molar refractivity (Wildman–Crippen MR) is 74.8 cm³/mol. The molecule has 0 unspecified atom stereocenters. The number of aromatic nitrogens is 2. The van der Waals surface area contributed by atoms with E-state index in [9.17, 15) is 5.11 Å². The van der Waals surface area contributed by atoms with Crippen molar-refractivity contribution >= 4 is 18.1 Å². The Morgan fingerprint density at radius 2 is 2.28 bits per heavy atom. The Hall–Kier alpha value is -1.56. The number of nitrogens with zero attached hydrogens (tertiary/aromatic N) is 4. The van der Waals surface area contributed by atoms with E-state index in [0.717, 1.165) is 11.4 Å². The van der Waals surface area contributed by atoms with Crippen molar-refractivity contribution in [1.82, 2.24) is 14.9 Å². The van der Waals surface area contributed by atoms with Gasteiger partial charge in [-0.15, -0.1) is 0 Å². The molecule has 0 fully saturated rings. The Morgan fingerprint density at radius 3 is 2.83 bits per heavy atom. The van der Waals surface area contributed by atoms with Crippen LogP contribution in [0.1, 0.15) is 19.5 Å². The van der Waals surface area contributed by atoms with E-state index in [0.29, 0.717) is 11.0 Å². The van der Waals surface area contributed by atoms with Gasteiger partial charge in [0, 0.05) is 24.5 Å². The van der Waals surface area contributed by atoms with Crippen LogP contribution in [-0.4, -0.2) is 39.2 Å². The molecule has 0 aliphatic heterocycles. The topological polar surface area (TPSA) is 61.6 Å². The van der Waals surface area contributed by atoms with Crippen LogP contribution in [0.3, 0.4) is 0 Å². The summed E-state index contributed by atoms with van der Waals surface area (Å²) in [6.45, 7) is 5.82. The molecule has 0 aromatic carbocycles. The molecule has 98 valence electrons. The molecule has 0 bridgehead atoms. The second-order valence-corrected chi connectivity index (χ2v) is 4.61. The molecule has 0 aliphatic rings. The third kappa shape index (κ3) is 4.37. The standard InChI is InChI=1S/C12H18N4OS/c1-5-10(3)16(7-13-4)8-18-12-14-9(2)6-11(17)15-12/h5-7H,8H2,1-4H3,(H,14,15,17)/b10-5-,13-7+. The van der Waals surface area contributed by atoms with Crippen molar-refractivity contribution in [2.45, 2.75) is 25.9 Å². The first kappa shape index (κ1) is 14.5.